The summed E-state index contributed by atoms with van der Waals surface area (Å²) in [5, 5.41) is 4.92. The van der Waals surface area contributed by atoms with Gasteiger partial charge in [0.2, 0.25) is 5.88 Å². The fraction of sp³-hybridized carbons (Fsp3) is 0.111. The van der Waals surface area contributed by atoms with Crippen molar-refractivity contribution in [2.75, 3.05) is 19.0 Å². The van der Waals surface area contributed by atoms with Crippen molar-refractivity contribution in [3.8, 4) is 11.6 Å². The van der Waals surface area contributed by atoms with E-state index in [4.69, 9.17) is 9.47 Å². The molecule has 0 aliphatic carbocycles. The van der Waals surface area contributed by atoms with Crippen molar-refractivity contribution in [3.05, 3.63) is 60.8 Å². The summed E-state index contributed by atoms with van der Waals surface area (Å²) in [5.74, 6) is 0.744. The number of hydrogen-bond donors (Lipinski definition) is 1. The normalized spacial score (nSPS) is 10.3. The van der Waals surface area contributed by atoms with Gasteiger partial charge in [-0.3, -0.25) is 4.79 Å². The quantitative estimate of drug-likeness (QED) is 0.786. The lowest BCUT2D eigenvalue weighted by atomic mass is 10.1. The maximum Gasteiger partial charge on any atom is 0.262 e. The predicted octanol–water partition coefficient (Wildman–Crippen LogP) is 3.26. The highest BCUT2D eigenvalue weighted by molar-refractivity contribution is 5.93. The Bertz CT molecular complexity index is 833. The number of benzene rings is 2. The third-order valence-electron chi connectivity index (χ3n) is 3.33. The summed E-state index contributed by atoms with van der Waals surface area (Å²) in [5.41, 5.74) is 0.516. The van der Waals surface area contributed by atoms with Crippen molar-refractivity contribution in [2.45, 2.75) is 0 Å². The van der Waals surface area contributed by atoms with Crippen LogP contribution in [0.1, 0.15) is 0 Å². The number of ether oxygens (including phenoxy) is 2. The summed E-state index contributed by atoms with van der Waals surface area (Å²) in [7, 11) is 1.50. The van der Waals surface area contributed by atoms with E-state index in [-0.39, 0.29) is 12.5 Å². The summed E-state index contributed by atoms with van der Waals surface area (Å²) in [6.45, 7) is -0.0869. The van der Waals surface area contributed by atoms with Crippen LogP contribution in [0.4, 0.5) is 5.69 Å². The van der Waals surface area contributed by atoms with Gasteiger partial charge in [0, 0.05) is 6.20 Å². The van der Waals surface area contributed by atoms with Crippen LogP contribution in [0.25, 0.3) is 10.8 Å². The Morgan fingerprint density at radius 1 is 1.09 bits per heavy atom. The van der Waals surface area contributed by atoms with Crippen LogP contribution in [0.5, 0.6) is 11.6 Å². The minimum absolute atomic E-state index is 0.0869. The number of anilines is 1. The first-order valence-corrected chi connectivity index (χ1v) is 7.17. The average molecular weight is 308 g/mol. The van der Waals surface area contributed by atoms with Crippen molar-refractivity contribution in [1.29, 1.82) is 0 Å². The first-order chi connectivity index (χ1) is 11.3. The van der Waals surface area contributed by atoms with Crippen LogP contribution in [-0.2, 0) is 4.79 Å². The van der Waals surface area contributed by atoms with E-state index in [0.717, 1.165) is 10.8 Å². The zero-order valence-electron chi connectivity index (χ0n) is 12.7. The molecule has 0 saturated carbocycles. The van der Waals surface area contributed by atoms with E-state index in [1.807, 2.05) is 42.5 Å². The van der Waals surface area contributed by atoms with Gasteiger partial charge in [-0.1, -0.05) is 30.3 Å². The van der Waals surface area contributed by atoms with Crippen LogP contribution in [0.2, 0.25) is 0 Å². The van der Waals surface area contributed by atoms with Crippen LogP contribution >= 0.6 is 0 Å². The van der Waals surface area contributed by atoms with Gasteiger partial charge in [-0.2, -0.15) is 0 Å². The average Bonchev–Trinajstić information content (AvgIpc) is 2.60. The Labute approximate surface area is 133 Å². The summed E-state index contributed by atoms with van der Waals surface area (Å²) >= 11 is 0. The zero-order chi connectivity index (χ0) is 16.1. The van der Waals surface area contributed by atoms with Crippen molar-refractivity contribution in [2.24, 2.45) is 0 Å². The molecule has 0 unspecified atom stereocenters. The molecule has 116 valence electrons. The fourth-order valence-corrected chi connectivity index (χ4v) is 2.24. The zero-order valence-corrected chi connectivity index (χ0v) is 12.7. The van der Waals surface area contributed by atoms with E-state index < -0.39 is 0 Å². The summed E-state index contributed by atoms with van der Waals surface area (Å²) in [6, 6.07) is 17.1. The predicted molar refractivity (Wildman–Crippen MR) is 88.9 cm³/mol. The molecule has 1 amide bonds. The number of carbonyl (C=O) groups excluding carboxylic acids is 1. The SMILES string of the molecule is COc1ncccc1NC(=O)COc1ccc2ccccc2c1. The third kappa shape index (κ3) is 3.58. The van der Waals surface area contributed by atoms with E-state index in [1.54, 1.807) is 18.3 Å². The molecule has 0 bridgehead atoms. The molecule has 23 heavy (non-hydrogen) atoms. The molecule has 0 aliphatic rings. The van der Waals surface area contributed by atoms with Crippen LogP contribution in [0.3, 0.4) is 0 Å². The Kier molecular flexibility index (Phi) is 4.38. The minimum Gasteiger partial charge on any atom is -0.484 e. The van der Waals surface area contributed by atoms with Gasteiger partial charge in [-0.25, -0.2) is 4.98 Å². The van der Waals surface area contributed by atoms with Gasteiger partial charge in [-0.15, -0.1) is 0 Å². The van der Waals surface area contributed by atoms with E-state index in [2.05, 4.69) is 10.3 Å². The minimum atomic E-state index is -0.274. The largest absolute Gasteiger partial charge is 0.484 e. The lowest BCUT2D eigenvalue weighted by Gasteiger charge is -2.10. The van der Waals surface area contributed by atoms with Gasteiger partial charge in [-0.05, 0) is 35.0 Å². The number of pyridine rings is 1. The maximum absolute atomic E-state index is 12.0. The van der Waals surface area contributed by atoms with Crippen LogP contribution in [0.15, 0.2) is 60.8 Å². The molecule has 0 saturated heterocycles. The molecule has 5 nitrogen and oxygen atoms in total. The fourth-order valence-electron chi connectivity index (χ4n) is 2.24. The number of methoxy groups -OCH3 is 1. The Hall–Kier alpha value is -3.08. The van der Waals surface area contributed by atoms with E-state index in [0.29, 0.717) is 17.3 Å². The molecule has 0 atom stereocenters. The lowest BCUT2D eigenvalue weighted by molar-refractivity contribution is -0.118. The second-order valence-electron chi connectivity index (χ2n) is 4.91. The lowest BCUT2D eigenvalue weighted by Crippen LogP contribution is -2.20. The monoisotopic (exact) mass is 308 g/mol. The molecule has 1 heterocycles. The van der Waals surface area contributed by atoms with Gasteiger partial charge >= 0.3 is 0 Å². The van der Waals surface area contributed by atoms with E-state index in [9.17, 15) is 4.79 Å². The molecule has 3 rings (SSSR count). The standard InChI is InChI=1S/C18H16N2O3/c1-22-18-16(7-4-10-19-18)20-17(21)12-23-15-9-8-13-5-2-3-6-14(13)11-15/h2-11H,12H2,1H3,(H,20,21). The Morgan fingerprint density at radius 3 is 2.74 bits per heavy atom. The number of rotatable bonds is 5. The van der Waals surface area contributed by atoms with Crippen LogP contribution < -0.4 is 14.8 Å². The number of fused-ring (bicyclic) bond motifs is 1. The second kappa shape index (κ2) is 6.79. The summed E-state index contributed by atoms with van der Waals surface area (Å²) in [6.07, 6.45) is 1.60. The highest BCUT2D eigenvalue weighted by Gasteiger charge is 2.08. The topological polar surface area (TPSA) is 60.5 Å². The van der Waals surface area contributed by atoms with Crippen molar-refractivity contribution in [1.82, 2.24) is 4.98 Å². The van der Waals surface area contributed by atoms with Gasteiger partial charge in [0.05, 0.1) is 7.11 Å². The molecule has 0 fully saturated rings. The van der Waals surface area contributed by atoms with Gasteiger partial charge in [0.1, 0.15) is 11.4 Å². The molecule has 5 heteroatoms. The van der Waals surface area contributed by atoms with E-state index in [1.165, 1.54) is 7.11 Å². The Morgan fingerprint density at radius 2 is 1.91 bits per heavy atom. The van der Waals surface area contributed by atoms with E-state index >= 15 is 0 Å². The van der Waals surface area contributed by atoms with Crippen molar-refractivity contribution < 1.29 is 14.3 Å². The Balaban J connectivity index is 1.63. The van der Waals surface area contributed by atoms with Gasteiger partial charge < -0.3 is 14.8 Å². The molecule has 1 N–H and O–H groups in total. The highest BCUT2D eigenvalue weighted by atomic mass is 16.5. The van der Waals surface area contributed by atoms with Gasteiger partial charge in [0.15, 0.2) is 6.61 Å². The second-order valence-corrected chi connectivity index (χ2v) is 4.91. The van der Waals surface area contributed by atoms with Crippen LogP contribution in [-0.4, -0.2) is 24.6 Å². The third-order valence-corrected chi connectivity index (χ3v) is 3.33. The number of nitrogens with one attached hydrogen (secondary N) is 1. The van der Waals surface area contributed by atoms with Crippen LogP contribution in [0, 0.1) is 0 Å². The summed E-state index contributed by atoms with van der Waals surface area (Å²) in [4.78, 5) is 16.0. The molecule has 0 aliphatic heterocycles. The molecule has 0 radical (unpaired) electrons. The van der Waals surface area contributed by atoms with Gasteiger partial charge in [0.25, 0.3) is 5.91 Å². The molecular weight excluding hydrogens is 292 g/mol. The maximum atomic E-state index is 12.0. The highest BCUT2D eigenvalue weighted by Crippen LogP contribution is 2.21. The first-order valence-electron chi connectivity index (χ1n) is 7.17. The number of carbonyl (C=O) groups is 1. The first kappa shape index (κ1) is 14.8. The number of nitrogens with zero attached hydrogens (tertiary/aromatic N) is 1. The van der Waals surface area contributed by atoms with Crippen molar-refractivity contribution in [3.63, 3.8) is 0 Å². The number of hydrogen-bond acceptors (Lipinski definition) is 4. The number of aromatic nitrogens is 1. The molecule has 1 aromatic heterocycles. The smallest absolute Gasteiger partial charge is 0.262 e. The van der Waals surface area contributed by atoms with Crippen molar-refractivity contribution >= 4 is 22.4 Å². The molecule has 2 aromatic carbocycles. The summed E-state index contributed by atoms with van der Waals surface area (Å²) < 4.78 is 10.6. The number of amides is 1. The molecule has 3 aromatic rings. The molecular formula is C18H16N2O3. The molecule has 0 spiro atoms.